The van der Waals surface area contributed by atoms with Crippen LogP contribution in [0.25, 0.3) is 21.5 Å². The number of nitrogens with zero attached hydrogens (tertiary/aromatic N) is 2. The van der Waals surface area contributed by atoms with Crippen molar-refractivity contribution in [3.63, 3.8) is 0 Å². The van der Waals surface area contributed by atoms with Gasteiger partial charge < -0.3 is 11.5 Å². The van der Waals surface area contributed by atoms with Crippen molar-refractivity contribution in [1.82, 2.24) is 19.6 Å². The summed E-state index contributed by atoms with van der Waals surface area (Å²) in [5, 5.41) is 4.93. The number of benzene rings is 2. The number of aromatic amines is 2. The highest BCUT2D eigenvalue weighted by Gasteiger charge is 2.13. The summed E-state index contributed by atoms with van der Waals surface area (Å²) in [6.45, 7) is 2.80. The maximum absolute atomic E-state index is 11.9. The van der Waals surface area contributed by atoms with Gasteiger partial charge in [0, 0.05) is 24.7 Å². The van der Waals surface area contributed by atoms with Crippen molar-refractivity contribution in [1.29, 1.82) is 0 Å². The van der Waals surface area contributed by atoms with E-state index in [1.54, 1.807) is 19.1 Å². The lowest BCUT2D eigenvalue weighted by molar-refractivity contribution is 0.0884. The average Bonchev–Trinajstić information content (AvgIpc) is 2.78. The van der Waals surface area contributed by atoms with Gasteiger partial charge >= 0.3 is 0 Å². The standard InChI is InChI=1S/C11H11N3O3.C10H9N3O3/c1-2-8(15)14-11(17)6-4-3-5-7(12)9(6)10(16)13-14;1-5(14)13-10(16)6-3-2-4-7(11)8(6)9(15)12-13/h3-5H,2,12H2,1H3,(H,13,16);2-4H,11H2,1H3,(H,12,15). The number of fused-ring (bicyclic) bond motifs is 2. The average molecular weight is 452 g/mol. The maximum Gasteiger partial charge on any atom is 0.280 e. The van der Waals surface area contributed by atoms with Gasteiger partial charge in [-0.05, 0) is 24.3 Å². The van der Waals surface area contributed by atoms with Gasteiger partial charge in [-0.3, -0.25) is 39.0 Å². The van der Waals surface area contributed by atoms with Gasteiger partial charge in [0.2, 0.25) is 11.8 Å². The van der Waals surface area contributed by atoms with Gasteiger partial charge in [0.05, 0.1) is 21.5 Å². The molecule has 170 valence electrons. The monoisotopic (exact) mass is 452 g/mol. The van der Waals surface area contributed by atoms with Gasteiger partial charge in [0.25, 0.3) is 22.2 Å². The van der Waals surface area contributed by atoms with E-state index in [1.165, 1.54) is 31.2 Å². The zero-order chi connectivity index (χ0) is 24.4. The van der Waals surface area contributed by atoms with Crippen LogP contribution in [0.15, 0.2) is 55.6 Å². The van der Waals surface area contributed by atoms with Crippen molar-refractivity contribution < 1.29 is 9.59 Å². The SMILES string of the molecule is CC(=O)n1[nH]c(=O)c2c(N)cccc2c1=O.CCC(=O)n1[nH]c(=O)c2c(N)cccc2c1=O. The molecule has 0 aliphatic carbocycles. The summed E-state index contributed by atoms with van der Waals surface area (Å²) in [6, 6.07) is 9.12. The molecule has 0 atom stereocenters. The highest BCUT2D eigenvalue weighted by atomic mass is 16.2. The summed E-state index contributed by atoms with van der Waals surface area (Å²) in [5.74, 6) is -1.01. The number of carbonyl (C=O) groups is 2. The fourth-order valence-corrected chi connectivity index (χ4v) is 3.22. The summed E-state index contributed by atoms with van der Waals surface area (Å²) in [4.78, 5) is 69.7. The van der Waals surface area contributed by atoms with Crippen molar-refractivity contribution in [2.75, 3.05) is 11.5 Å². The van der Waals surface area contributed by atoms with Crippen molar-refractivity contribution in [3.05, 3.63) is 77.8 Å². The van der Waals surface area contributed by atoms with Crippen LogP contribution in [-0.2, 0) is 0 Å². The summed E-state index contributed by atoms with van der Waals surface area (Å²) in [5.41, 5.74) is 9.44. The summed E-state index contributed by atoms with van der Waals surface area (Å²) >= 11 is 0. The van der Waals surface area contributed by atoms with Gasteiger partial charge in [-0.25, -0.2) is 0 Å². The molecule has 0 aliphatic heterocycles. The summed E-state index contributed by atoms with van der Waals surface area (Å²) in [7, 11) is 0. The highest BCUT2D eigenvalue weighted by molar-refractivity contribution is 5.93. The largest absolute Gasteiger partial charge is 0.398 e. The molecule has 4 rings (SSSR count). The minimum absolute atomic E-state index is 0.116. The first kappa shape index (κ1) is 22.9. The predicted molar refractivity (Wildman–Crippen MR) is 124 cm³/mol. The molecule has 12 nitrogen and oxygen atoms in total. The van der Waals surface area contributed by atoms with E-state index in [1.807, 2.05) is 0 Å². The van der Waals surface area contributed by atoms with E-state index in [2.05, 4.69) is 10.2 Å². The zero-order valence-electron chi connectivity index (χ0n) is 17.7. The number of H-pyrrole nitrogens is 2. The number of aromatic nitrogens is 4. The Labute approximate surface area is 184 Å². The smallest absolute Gasteiger partial charge is 0.280 e. The van der Waals surface area contributed by atoms with Crippen LogP contribution in [0.5, 0.6) is 0 Å². The van der Waals surface area contributed by atoms with Gasteiger partial charge in [0.15, 0.2) is 0 Å². The Balaban J connectivity index is 0.000000186. The zero-order valence-corrected chi connectivity index (χ0v) is 17.7. The van der Waals surface area contributed by atoms with Crippen LogP contribution in [0.3, 0.4) is 0 Å². The fraction of sp³-hybridized carbons (Fsp3) is 0.143. The van der Waals surface area contributed by atoms with Gasteiger partial charge in [-0.1, -0.05) is 19.1 Å². The highest BCUT2D eigenvalue weighted by Crippen LogP contribution is 2.13. The Morgan fingerprint density at radius 3 is 1.64 bits per heavy atom. The Bertz CT molecular complexity index is 1660. The molecule has 0 unspecified atom stereocenters. The second kappa shape index (κ2) is 8.78. The Morgan fingerprint density at radius 2 is 1.21 bits per heavy atom. The summed E-state index contributed by atoms with van der Waals surface area (Å²) in [6.07, 6.45) is 0.129. The first-order valence-corrected chi connectivity index (χ1v) is 9.69. The van der Waals surface area contributed by atoms with Crippen LogP contribution in [0, 0.1) is 0 Å². The van der Waals surface area contributed by atoms with Crippen molar-refractivity contribution in [2.45, 2.75) is 20.3 Å². The molecule has 2 heterocycles. The minimum Gasteiger partial charge on any atom is -0.398 e. The number of nitrogens with one attached hydrogen (secondary N) is 2. The number of nitrogen functional groups attached to an aromatic ring is 2. The molecule has 2 aromatic carbocycles. The van der Waals surface area contributed by atoms with E-state index in [0.29, 0.717) is 4.68 Å². The van der Waals surface area contributed by atoms with Gasteiger partial charge in [0.1, 0.15) is 0 Å². The summed E-state index contributed by atoms with van der Waals surface area (Å²) < 4.78 is 1.40. The van der Waals surface area contributed by atoms with E-state index in [9.17, 15) is 28.8 Å². The molecule has 0 aliphatic rings. The van der Waals surface area contributed by atoms with Crippen LogP contribution in [0.2, 0.25) is 0 Å². The molecule has 0 saturated heterocycles. The molecule has 0 amide bonds. The lowest BCUT2D eigenvalue weighted by Crippen LogP contribution is -2.34. The van der Waals surface area contributed by atoms with Crippen LogP contribution in [0.4, 0.5) is 11.4 Å². The molecule has 6 N–H and O–H groups in total. The van der Waals surface area contributed by atoms with Crippen molar-refractivity contribution >= 4 is 44.7 Å². The minimum atomic E-state index is -0.575. The second-order valence-electron chi connectivity index (χ2n) is 6.97. The molecule has 0 saturated carbocycles. The third kappa shape index (κ3) is 4.08. The molecular weight excluding hydrogens is 432 g/mol. The van der Waals surface area contributed by atoms with Crippen LogP contribution in [-0.4, -0.2) is 31.4 Å². The lowest BCUT2D eigenvalue weighted by Gasteiger charge is -2.05. The quantitative estimate of drug-likeness (QED) is 0.295. The Morgan fingerprint density at radius 1 is 0.788 bits per heavy atom. The number of rotatable bonds is 1. The topological polar surface area (TPSA) is 196 Å². The molecule has 33 heavy (non-hydrogen) atoms. The molecule has 4 aromatic rings. The lowest BCUT2D eigenvalue weighted by atomic mass is 10.1. The molecule has 0 radical (unpaired) electrons. The van der Waals surface area contributed by atoms with E-state index in [0.717, 1.165) is 4.68 Å². The molecule has 0 fully saturated rings. The van der Waals surface area contributed by atoms with Crippen LogP contribution >= 0.6 is 0 Å². The number of carbonyl (C=O) groups excluding carboxylic acids is 2. The van der Waals surface area contributed by atoms with Crippen molar-refractivity contribution in [2.24, 2.45) is 0 Å². The third-order valence-electron chi connectivity index (χ3n) is 4.81. The third-order valence-corrected chi connectivity index (χ3v) is 4.81. The number of hydrogen-bond donors (Lipinski definition) is 4. The van der Waals surface area contributed by atoms with Crippen molar-refractivity contribution in [3.8, 4) is 0 Å². The molecule has 12 heteroatoms. The van der Waals surface area contributed by atoms with Crippen LogP contribution < -0.4 is 33.7 Å². The van der Waals surface area contributed by atoms with Gasteiger partial charge in [-0.15, -0.1) is 0 Å². The van der Waals surface area contributed by atoms with E-state index in [-0.39, 0.29) is 39.3 Å². The van der Waals surface area contributed by atoms with Gasteiger partial charge in [-0.2, -0.15) is 9.36 Å². The first-order chi connectivity index (χ1) is 15.6. The molecule has 0 bridgehead atoms. The second-order valence-corrected chi connectivity index (χ2v) is 6.97. The van der Waals surface area contributed by atoms with Crippen LogP contribution in [0.1, 0.15) is 29.9 Å². The predicted octanol–water partition coefficient (Wildman–Crippen LogP) is 0.254. The van der Waals surface area contributed by atoms with E-state index < -0.39 is 34.1 Å². The number of nitrogens with two attached hydrogens (primary N) is 2. The maximum atomic E-state index is 11.9. The fourth-order valence-electron chi connectivity index (χ4n) is 3.22. The Kier molecular flexibility index (Phi) is 6.10. The Hall–Kier alpha value is -4.74. The van der Waals surface area contributed by atoms with E-state index >= 15 is 0 Å². The molecular formula is C21H20N6O6. The number of anilines is 2. The van der Waals surface area contributed by atoms with E-state index in [4.69, 9.17) is 11.5 Å². The first-order valence-electron chi connectivity index (χ1n) is 9.69. The molecule has 2 aromatic heterocycles. The molecule has 0 spiro atoms. The normalized spacial score (nSPS) is 10.6. The number of hydrogen-bond acceptors (Lipinski definition) is 8.